The molecule has 2 rings (SSSR count). The van der Waals surface area contributed by atoms with Crippen LogP contribution >= 0.6 is 0 Å². The maximum atomic E-state index is 5.84. The Balaban J connectivity index is 2.22. The molecule has 2 aromatic heterocycles. The molecule has 0 aliphatic rings. The highest BCUT2D eigenvalue weighted by Crippen LogP contribution is 2.24. The highest BCUT2D eigenvalue weighted by molar-refractivity contribution is 5.36. The second-order valence-electron chi connectivity index (χ2n) is 4.00. The van der Waals surface area contributed by atoms with Crippen molar-refractivity contribution in [1.29, 1.82) is 0 Å². The van der Waals surface area contributed by atoms with E-state index in [1.54, 1.807) is 12.4 Å². The fourth-order valence-electron chi connectivity index (χ4n) is 1.58. The normalized spacial score (nSPS) is 10.3. The number of aryl methyl sites for hydroxylation is 1. The summed E-state index contributed by atoms with van der Waals surface area (Å²) in [6.45, 7) is 5.69. The van der Waals surface area contributed by atoms with E-state index >= 15 is 0 Å². The molecule has 0 fully saturated rings. The zero-order valence-electron chi connectivity index (χ0n) is 10.7. The van der Waals surface area contributed by atoms with E-state index in [-0.39, 0.29) is 0 Å². The van der Waals surface area contributed by atoms with Crippen molar-refractivity contribution in [3.8, 4) is 11.5 Å². The monoisotopic (exact) mass is 243 g/mol. The second kappa shape index (κ2) is 6.12. The Bertz CT molecular complexity index is 500. The maximum absolute atomic E-state index is 5.84. The lowest BCUT2D eigenvalue weighted by Gasteiger charge is -2.11. The van der Waals surface area contributed by atoms with Gasteiger partial charge in [-0.15, -0.1) is 0 Å². The number of ether oxygens (including phenoxy) is 1. The maximum Gasteiger partial charge on any atom is 0.145 e. The van der Waals surface area contributed by atoms with Crippen molar-refractivity contribution >= 4 is 0 Å². The summed E-state index contributed by atoms with van der Waals surface area (Å²) in [5, 5.41) is 3.27. The molecule has 0 spiro atoms. The zero-order chi connectivity index (χ0) is 12.8. The van der Waals surface area contributed by atoms with Gasteiger partial charge in [-0.25, -0.2) is 0 Å². The number of rotatable bonds is 5. The van der Waals surface area contributed by atoms with Crippen LogP contribution in [0.4, 0.5) is 0 Å². The topological polar surface area (TPSA) is 47.0 Å². The van der Waals surface area contributed by atoms with Gasteiger partial charge in [-0.05, 0) is 25.6 Å². The van der Waals surface area contributed by atoms with Crippen LogP contribution in [0.15, 0.2) is 36.8 Å². The molecule has 0 saturated carbocycles. The quantitative estimate of drug-likeness (QED) is 0.877. The molecule has 0 aliphatic carbocycles. The highest BCUT2D eigenvalue weighted by atomic mass is 16.5. The fourth-order valence-corrected chi connectivity index (χ4v) is 1.58. The molecule has 0 radical (unpaired) electrons. The lowest BCUT2D eigenvalue weighted by Crippen LogP contribution is -2.12. The molecule has 0 aromatic carbocycles. The Morgan fingerprint density at radius 3 is 2.94 bits per heavy atom. The number of nitrogens with one attached hydrogen (secondary N) is 1. The summed E-state index contributed by atoms with van der Waals surface area (Å²) in [6.07, 6.45) is 5.28. The number of pyridine rings is 2. The third-order valence-corrected chi connectivity index (χ3v) is 2.51. The standard InChI is InChI=1S/C14H17N3O/c1-3-15-8-12-9-17-11(2)7-14(12)18-13-5-4-6-16-10-13/h4-7,9-10,15H,3,8H2,1-2H3. The SMILES string of the molecule is CCNCc1cnc(C)cc1Oc1cccnc1. The number of hydrogen-bond donors (Lipinski definition) is 1. The molecule has 2 aromatic rings. The van der Waals surface area contributed by atoms with Crippen LogP contribution in [0.25, 0.3) is 0 Å². The molecular formula is C14H17N3O. The Labute approximate surface area is 107 Å². The lowest BCUT2D eigenvalue weighted by molar-refractivity contribution is 0.469. The summed E-state index contributed by atoms with van der Waals surface area (Å²) in [6, 6.07) is 5.69. The molecule has 2 heterocycles. The van der Waals surface area contributed by atoms with E-state index in [4.69, 9.17) is 4.74 Å². The average Bonchev–Trinajstić information content (AvgIpc) is 2.39. The van der Waals surface area contributed by atoms with Crippen molar-refractivity contribution in [1.82, 2.24) is 15.3 Å². The number of nitrogens with zero attached hydrogens (tertiary/aromatic N) is 2. The molecule has 0 aliphatic heterocycles. The molecule has 0 bridgehead atoms. The fraction of sp³-hybridized carbons (Fsp3) is 0.286. The van der Waals surface area contributed by atoms with E-state index in [1.165, 1.54) is 0 Å². The molecule has 0 atom stereocenters. The van der Waals surface area contributed by atoms with Crippen LogP contribution in [0, 0.1) is 6.92 Å². The van der Waals surface area contributed by atoms with E-state index in [9.17, 15) is 0 Å². The van der Waals surface area contributed by atoms with E-state index in [1.807, 2.05) is 31.3 Å². The van der Waals surface area contributed by atoms with Gasteiger partial charge in [0.25, 0.3) is 0 Å². The molecule has 94 valence electrons. The van der Waals surface area contributed by atoms with Gasteiger partial charge >= 0.3 is 0 Å². The number of hydrogen-bond acceptors (Lipinski definition) is 4. The predicted molar refractivity (Wildman–Crippen MR) is 70.7 cm³/mol. The zero-order valence-corrected chi connectivity index (χ0v) is 10.7. The summed E-state index contributed by atoms with van der Waals surface area (Å²) in [4.78, 5) is 8.34. The van der Waals surface area contributed by atoms with Crippen LogP contribution in [0.1, 0.15) is 18.2 Å². The minimum atomic E-state index is 0.737. The molecule has 0 unspecified atom stereocenters. The third-order valence-electron chi connectivity index (χ3n) is 2.51. The van der Waals surface area contributed by atoms with E-state index in [2.05, 4.69) is 22.2 Å². The largest absolute Gasteiger partial charge is 0.455 e. The van der Waals surface area contributed by atoms with Crippen molar-refractivity contribution in [2.24, 2.45) is 0 Å². The van der Waals surface area contributed by atoms with Gasteiger partial charge in [-0.1, -0.05) is 6.92 Å². The summed E-state index contributed by atoms with van der Waals surface area (Å²) in [5.41, 5.74) is 1.99. The van der Waals surface area contributed by atoms with Crippen LogP contribution in [-0.4, -0.2) is 16.5 Å². The molecular weight excluding hydrogens is 226 g/mol. The van der Waals surface area contributed by atoms with E-state index in [0.717, 1.165) is 35.8 Å². The van der Waals surface area contributed by atoms with Gasteiger partial charge in [0, 0.05) is 36.3 Å². The molecule has 4 nitrogen and oxygen atoms in total. The van der Waals surface area contributed by atoms with E-state index < -0.39 is 0 Å². The smallest absolute Gasteiger partial charge is 0.145 e. The van der Waals surface area contributed by atoms with Gasteiger partial charge in [0.05, 0.1) is 6.20 Å². The molecule has 0 saturated heterocycles. The van der Waals surface area contributed by atoms with Crippen LogP contribution in [-0.2, 0) is 6.54 Å². The van der Waals surface area contributed by atoms with Gasteiger partial charge in [0.1, 0.15) is 11.5 Å². The van der Waals surface area contributed by atoms with Gasteiger partial charge in [0.2, 0.25) is 0 Å². The van der Waals surface area contributed by atoms with Crippen molar-refractivity contribution < 1.29 is 4.74 Å². The predicted octanol–water partition coefficient (Wildman–Crippen LogP) is 2.69. The van der Waals surface area contributed by atoms with Gasteiger partial charge < -0.3 is 10.1 Å². The summed E-state index contributed by atoms with van der Waals surface area (Å²) < 4.78 is 5.84. The Morgan fingerprint density at radius 2 is 2.22 bits per heavy atom. The highest BCUT2D eigenvalue weighted by Gasteiger charge is 2.06. The molecule has 1 N–H and O–H groups in total. The van der Waals surface area contributed by atoms with Crippen LogP contribution in [0.3, 0.4) is 0 Å². The molecule has 4 heteroatoms. The molecule has 18 heavy (non-hydrogen) atoms. The first kappa shape index (κ1) is 12.5. The summed E-state index contributed by atoms with van der Waals surface area (Å²) in [7, 11) is 0. The molecule has 0 amide bonds. The van der Waals surface area contributed by atoms with E-state index in [0.29, 0.717) is 0 Å². The summed E-state index contributed by atoms with van der Waals surface area (Å²) >= 11 is 0. The van der Waals surface area contributed by atoms with Crippen molar-refractivity contribution in [3.63, 3.8) is 0 Å². The number of aromatic nitrogens is 2. The van der Waals surface area contributed by atoms with Crippen LogP contribution in [0.5, 0.6) is 11.5 Å². The van der Waals surface area contributed by atoms with Crippen molar-refractivity contribution in [2.45, 2.75) is 20.4 Å². The van der Waals surface area contributed by atoms with Crippen molar-refractivity contribution in [2.75, 3.05) is 6.54 Å². The second-order valence-corrected chi connectivity index (χ2v) is 4.00. The first-order chi connectivity index (χ1) is 8.79. The van der Waals surface area contributed by atoms with Crippen LogP contribution in [0.2, 0.25) is 0 Å². The minimum Gasteiger partial charge on any atom is -0.455 e. The Kier molecular flexibility index (Phi) is 4.25. The minimum absolute atomic E-state index is 0.737. The first-order valence-electron chi connectivity index (χ1n) is 6.03. The first-order valence-corrected chi connectivity index (χ1v) is 6.03. The third kappa shape index (κ3) is 3.28. The lowest BCUT2D eigenvalue weighted by atomic mass is 10.2. The Morgan fingerprint density at radius 1 is 1.33 bits per heavy atom. The van der Waals surface area contributed by atoms with Crippen LogP contribution < -0.4 is 10.1 Å². The average molecular weight is 243 g/mol. The van der Waals surface area contributed by atoms with Gasteiger partial charge in [0.15, 0.2) is 0 Å². The van der Waals surface area contributed by atoms with Gasteiger partial charge in [-0.2, -0.15) is 0 Å². The summed E-state index contributed by atoms with van der Waals surface area (Å²) in [5.74, 6) is 1.57. The van der Waals surface area contributed by atoms with Gasteiger partial charge in [-0.3, -0.25) is 9.97 Å². The Hall–Kier alpha value is -1.94. The van der Waals surface area contributed by atoms with Crippen molar-refractivity contribution in [3.05, 3.63) is 48.0 Å².